The Labute approximate surface area is 135 Å². The van der Waals surface area contributed by atoms with Crippen LogP contribution in [0.25, 0.3) is 22.5 Å². The Kier molecular flexibility index (Phi) is 2.86. The van der Waals surface area contributed by atoms with Crippen LogP contribution < -0.4 is 0 Å². The van der Waals surface area contributed by atoms with Gasteiger partial charge >= 0.3 is 6.18 Å². The van der Waals surface area contributed by atoms with Crippen LogP contribution in [0.15, 0.2) is 42.6 Å². The second kappa shape index (κ2) is 5.53. The van der Waals surface area contributed by atoms with Gasteiger partial charge in [0.15, 0.2) is 0 Å². The molecule has 6 heteroatoms. The highest BCUT2D eigenvalue weighted by atomic mass is 19.4. The summed E-state index contributed by atoms with van der Waals surface area (Å²) in [4.78, 5) is 4.14. The van der Waals surface area contributed by atoms with Gasteiger partial charge in [-0.25, -0.2) is 0 Å². The Bertz CT molecular complexity index is 946. The number of aromatic amines is 1. The normalized spacial score (nSPS) is 14.2. The molecular weight excluding hydrogens is 303 g/mol. The summed E-state index contributed by atoms with van der Waals surface area (Å²) in [6, 6.07) is 9.30. The number of pyridine rings is 1. The van der Waals surface area contributed by atoms with Crippen molar-refractivity contribution in [1.82, 2.24) is 15.2 Å². The first-order valence-corrected chi connectivity index (χ1v) is 6.77. The average molecular weight is 320 g/mol. The molecule has 2 heterocycles. The van der Waals surface area contributed by atoms with Crippen LogP contribution in [0.2, 0.25) is 0 Å². The Morgan fingerprint density at radius 1 is 1.04 bits per heavy atom. The number of halogens is 3. The van der Waals surface area contributed by atoms with Crippen LogP contribution in [0.5, 0.6) is 0 Å². The molecule has 0 aliphatic carbocycles. The first-order chi connectivity index (χ1) is 12.1. The average Bonchev–Trinajstić information content (AvgIpc) is 3.04. The summed E-state index contributed by atoms with van der Waals surface area (Å²) in [5, 5.41) is 5.51. The van der Waals surface area contributed by atoms with Gasteiger partial charge in [0.2, 0.25) is 0 Å². The molecule has 0 amide bonds. The number of nitrogens with zero attached hydrogens (tertiary/aromatic N) is 2. The summed E-state index contributed by atoms with van der Waals surface area (Å²) in [6.07, 6.45) is -3.21. The molecule has 1 N–H and O–H groups in total. The van der Waals surface area contributed by atoms with Gasteiger partial charge in [0.05, 0.1) is 5.69 Å². The summed E-state index contributed by atoms with van der Waals surface area (Å²) in [7, 11) is 0. The van der Waals surface area contributed by atoms with E-state index in [0.29, 0.717) is 11.1 Å². The number of hydrogen-bond acceptors (Lipinski definition) is 2. The minimum Gasteiger partial charge on any atom is -0.273 e. The van der Waals surface area contributed by atoms with E-state index in [1.54, 1.807) is 12.1 Å². The number of hydrogen-bond donors (Lipinski definition) is 1. The number of alkyl halides is 3. The van der Waals surface area contributed by atoms with Crippen LogP contribution in [0.4, 0.5) is 13.2 Å². The van der Waals surface area contributed by atoms with E-state index in [0.717, 1.165) is 11.6 Å². The lowest BCUT2D eigenvalue weighted by Crippen LogP contribution is -2.04. The number of benzene rings is 1. The smallest absolute Gasteiger partial charge is 0.273 e. The van der Waals surface area contributed by atoms with Gasteiger partial charge in [-0.05, 0) is 42.6 Å². The molecule has 0 atom stereocenters. The molecule has 2 aromatic heterocycles. The molecule has 118 valence electrons. The molecule has 23 heavy (non-hydrogen) atoms. The molecule has 3 nitrogen and oxygen atoms in total. The molecular formula is C17H14F3N3. The fraction of sp³-hybridized carbons (Fsp3) is 0.176. The summed E-state index contributed by atoms with van der Waals surface area (Å²) < 4.78 is 61.6. The van der Waals surface area contributed by atoms with E-state index in [1.165, 1.54) is 12.3 Å². The molecule has 0 bridgehead atoms. The highest BCUT2D eigenvalue weighted by molar-refractivity contribution is 5.71. The first-order valence-electron chi connectivity index (χ1n) is 8.27. The quantitative estimate of drug-likeness (QED) is 0.738. The third-order valence-electron chi connectivity index (χ3n) is 3.48. The van der Waals surface area contributed by atoms with Gasteiger partial charge in [-0.2, -0.15) is 18.3 Å². The van der Waals surface area contributed by atoms with Crippen molar-refractivity contribution in [1.29, 1.82) is 0 Å². The molecule has 1 aromatic carbocycles. The maximum atomic E-state index is 12.7. The van der Waals surface area contributed by atoms with E-state index >= 15 is 0 Å². The zero-order valence-corrected chi connectivity index (χ0v) is 12.1. The van der Waals surface area contributed by atoms with Crippen LogP contribution in [0, 0.1) is 13.8 Å². The number of aryl methyl sites for hydroxylation is 2. The van der Waals surface area contributed by atoms with Gasteiger partial charge in [0.1, 0.15) is 11.4 Å². The van der Waals surface area contributed by atoms with Gasteiger partial charge in [-0.3, -0.25) is 10.1 Å². The second-order valence-corrected chi connectivity index (χ2v) is 5.09. The van der Waals surface area contributed by atoms with E-state index in [1.807, 2.05) is 24.2 Å². The number of nitrogens with one attached hydrogen (secondary N) is 1. The van der Waals surface area contributed by atoms with Crippen molar-refractivity contribution in [3.63, 3.8) is 0 Å². The Balaban J connectivity index is 2.14. The second-order valence-electron chi connectivity index (χ2n) is 5.09. The predicted molar refractivity (Wildman–Crippen MR) is 81.7 cm³/mol. The number of H-pyrrole nitrogens is 1. The van der Waals surface area contributed by atoms with E-state index in [-0.39, 0.29) is 17.0 Å². The topological polar surface area (TPSA) is 41.6 Å². The summed E-state index contributed by atoms with van der Waals surface area (Å²) in [5.74, 6) is 0. The lowest BCUT2D eigenvalue weighted by Gasteiger charge is -2.09. The van der Waals surface area contributed by atoms with E-state index < -0.39 is 18.7 Å². The first kappa shape index (κ1) is 11.9. The maximum Gasteiger partial charge on any atom is 0.432 e. The Hall–Kier alpha value is -2.63. The van der Waals surface area contributed by atoms with Crippen LogP contribution in [-0.2, 0) is 6.18 Å². The van der Waals surface area contributed by atoms with E-state index in [2.05, 4.69) is 10.1 Å². The molecule has 0 radical (unpaired) electrons. The van der Waals surface area contributed by atoms with Gasteiger partial charge in [0, 0.05) is 15.9 Å². The molecule has 0 aliphatic rings. The largest absolute Gasteiger partial charge is 0.432 e. The van der Waals surface area contributed by atoms with Crippen LogP contribution in [0.1, 0.15) is 20.9 Å². The van der Waals surface area contributed by atoms with Crippen LogP contribution >= 0.6 is 0 Å². The summed E-state index contributed by atoms with van der Waals surface area (Å²) in [5.41, 5.74) is 0.959. The third kappa shape index (κ3) is 2.97. The van der Waals surface area contributed by atoms with Crippen molar-refractivity contribution >= 4 is 0 Å². The summed E-state index contributed by atoms with van der Waals surface area (Å²) >= 11 is 0. The molecule has 3 aromatic rings. The highest BCUT2D eigenvalue weighted by Crippen LogP contribution is 2.31. The SMILES string of the molecule is [2H]C([2H])([2H])c1cc(-c2cc(C(F)(F)F)[nH]n2)ncc1-c1ccccc1C. The Morgan fingerprint density at radius 3 is 2.48 bits per heavy atom. The Morgan fingerprint density at radius 2 is 1.83 bits per heavy atom. The van der Waals surface area contributed by atoms with Crippen LogP contribution in [-0.4, -0.2) is 15.2 Å². The van der Waals surface area contributed by atoms with Crippen molar-refractivity contribution in [2.45, 2.75) is 20.0 Å². The highest BCUT2D eigenvalue weighted by Gasteiger charge is 2.33. The van der Waals surface area contributed by atoms with E-state index in [9.17, 15) is 13.2 Å². The number of rotatable bonds is 2. The van der Waals surface area contributed by atoms with Crippen LogP contribution in [0.3, 0.4) is 0 Å². The molecule has 3 rings (SSSR count). The monoisotopic (exact) mass is 320 g/mol. The lowest BCUT2D eigenvalue weighted by atomic mass is 9.98. The zero-order chi connectivity index (χ0) is 19.1. The van der Waals surface area contributed by atoms with Gasteiger partial charge in [0.25, 0.3) is 0 Å². The number of aromatic nitrogens is 3. The molecule has 0 saturated carbocycles. The summed E-state index contributed by atoms with van der Waals surface area (Å²) in [6.45, 7) is -0.617. The molecule has 0 saturated heterocycles. The molecule has 0 spiro atoms. The van der Waals surface area contributed by atoms with Gasteiger partial charge in [-0.15, -0.1) is 0 Å². The van der Waals surface area contributed by atoms with Crippen molar-refractivity contribution in [2.75, 3.05) is 0 Å². The van der Waals surface area contributed by atoms with Crippen molar-refractivity contribution in [3.8, 4) is 22.5 Å². The van der Waals surface area contributed by atoms with Gasteiger partial charge in [-0.1, -0.05) is 24.3 Å². The van der Waals surface area contributed by atoms with Crippen molar-refractivity contribution in [3.05, 3.63) is 59.4 Å². The minimum atomic E-state index is -4.57. The van der Waals surface area contributed by atoms with Crippen molar-refractivity contribution < 1.29 is 17.3 Å². The van der Waals surface area contributed by atoms with E-state index in [4.69, 9.17) is 4.11 Å². The zero-order valence-electron chi connectivity index (χ0n) is 15.1. The standard InChI is InChI=1S/C17H14F3N3/c1-10-5-3-4-6-12(10)13-9-21-14(7-11(13)2)15-8-16(23-22-15)17(18,19)20/h3-9H,1-2H3,(H,22,23)/i2D3. The molecule has 0 aliphatic heterocycles. The predicted octanol–water partition coefficient (Wildman–Crippen LogP) is 4.77. The van der Waals surface area contributed by atoms with Gasteiger partial charge < -0.3 is 0 Å². The third-order valence-corrected chi connectivity index (χ3v) is 3.48. The lowest BCUT2D eigenvalue weighted by molar-refractivity contribution is -0.141. The fourth-order valence-electron chi connectivity index (χ4n) is 2.28. The molecule has 0 fully saturated rings. The maximum absolute atomic E-state index is 12.7. The fourth-order valence-corrected chi connectivity index (χ4v) is 2.28. The minimum absolute atomic E-state index is 0.00774. The molecule has 0 unspecified atom stereocenters. The van der Waals surface area contributed by atoms with Crippen molar-refractivity contribution in [2.24, 2.45) is 0 Å².